The summed E-state index contributed by atoms with van der Waals surface area (Å²) in [6.45, 7) is 3.70. The van der Waals surface area contributed by atoms with Gasteiger partial charge in [0.1, 0.15) is 11.9 Å². The number of pyridine rings is 2. The summed E-state index contributed by atoms with van der Waals surface area (Å²) < 4.78 is 0. The Kier molecular flexibility index (Phi) is 5.30. The lowest BCUT2D eigenvalue weighted by Crippen LogP contribution is -2.39. The number of nitrogens with zero attached hydrogens (tertiary/aromatic N) is 4. The number of primary amides is 2. The number of fused-ring (bicyclic) bond motifs is 1. The molecule has 6 N–H and O–H groups in total. The summed E-state index contributed by atoms with van der Waals surface area (Å²) in [6, 6.07) is 2.95. The quantitative estimate of drug-likeness (QED) is 0.475. The number of hydrogen-bond acceptors (Lipinski definition) is 8. The molecule has 10 nitrogen and oxygen atoms in total. The molecule has 0 saturated heterocycles. The van der Waals surface area contributed by atoms with E-state index in [2.05, 4.69) is 30.6 Å². The van der Waals surface area contributed by atoms with Gasteiger partial charge in [-0.2, -0.15) is 0 Å². The van der Waals surface area contributed by atoms with E-state index in [9.17, 15) is 9.59 Å². The second-order valence-corrected chi connectivity index (χ2v) is 6.50. The molecule has 0 aliphatic rings. The van der Waals surface area contributed by atoms with Crippen molar-refractivity contribution >= 4 is 40.0 Å². The largest absolute Gasteiger partial charge is 0.368 e. The van der Waals surface area contributed by atoms with E-state index < -0.39 is 17.9 Å². The average Bonchev–Trinajstić information content (AvgIpc) is 2.65. The van der Waals surface area contributed by atoms with Crippen molar-refractivity contribution in [3.05, 3.63) is 42.6 Å². The van der Waals surface area contributed by atoms with Crippen LogP contribution in [0.3, 0.4) is 0 Å². The Morgan fingerprint density at radius 2 is 1.89 bits per heavy atom. The zero-order valence-electron chi connectivity index (χ0n) is 15.4. The van der Waals surface area contributed by atoms with E-state index in [0.717, 1.165) is 10.9 Å². The Balaban J connectivity index is 1.95. The first kappa shape index (κ1) is 19.0. The van der Waals surface area contributed by atoms with E-state index in [1.54, 1.807) is 24.7 Å². The molecule has 144 valence electrons. The van der Waals surface area contributed by atoms with Crippen LogP contribution in [0.5, 0.6) is 0 Å². The minimum Gasteiger partial charge on any atom is -0.368 e. The van der Waals surface area contributed by atoms with Crippen molar-refractivity contribution in [2.45, 2.75) is 19.9 Å². The van der Waals surface area contributed by atoms with Gasteiger partial charge in [0.05, 0.1) is 23.6 Å². The fraction of sp³-hybridized carbons (Fsp3) is 0.222. The summed E-state index contributed by atoms with van der Waals surface area (Å²) >= 11 is 0. The van der Waals surface area contributed by atoms with Gasteiger partial charge >= 0.3 is 0 Å². The maximum Gasteiger partial charge on any atom is 0.271 e. The third-order valence-electron chi connectivity index (χ3n) is 4.03. The van der Waals surface area contributed by atoms with E-state index in [-0.39, 0.29) is 23.2 Å². The molecule has 0 aromatic carbocycles. The lowest BCUT2D eigenvalue weighted by atomic mass is 10.0. The molecule has 0 radical (unpaired) electrons. The summed E-state index contributed by atoms with van der Waals surface area (Å²) in [7, 11) is 0. The summed E-state index contributed by atoms with van der Waals surface area (Å²) in [5.41, 5.74) is 12.1. The number of nitrogens with two attached hydrogens (primary N) is 2. The fourth-order valence-electron chi connectivity index (χ4n) is 2.63. The van der Waals surface area contributed by atoms with Crippen LogP contribution in [-0.2, 0) is 4.79 Å². The van der Waals surface area contributed by atoms with Crippen molar-refractivity contribution in [1.82, 2.24) is 19.9 Å². The van der Waals surface area contributed by atoms with Crippen LogP contribution in [0.25, 0.3) is 10.9 Å². The Bertz CT molecular complexity index is 1040. The van der Waals surface area contributed by atoms with E-state index in [1.165, 1.54) is 6.20 Å². The number of rotatable bonds is 7. The predicted molar refractivity (Wildman–Crippen MR) is 105 cm³/mol. The van der Waals surface area contributed by atoms with Crippen LogP contribution < -0.4 is 22.1 Å². The highest BCUT2D eigenvalue weighted by atomic mass is 16.1. The van der Waals surface area contributed by atoms with Crippen LogP contribution in [-0.4, -0.2) is 37.8 Å². The Labute approximate surface area is 160 Å². The predicted octanol–water partition coefficient (Wildman–Crippen LogP) is 1.18. The number of carbonyl (C=O) groups is 2. The molecule has 0 aliphatic carbocycles. The molecular formula is C18H20N8O2. The molecule has 1 atom stereocenters. The van der Waals surface area contributed by atoms with Crippen LogP contribution in [0.15, 0.2) is 36.9 Å². The molecule has 10 heteroatoms. The van der Waals surface area contributed by atoms with Gasteiger partial charge in [0.25, 0.3) is 5.91 Å². The first-order chi connectivity index (χ1) is 13.3. The summed E-state index contributed by atoms with van der Waals surface area (Å²) in [6.07, 6.45) is 6.24. The molecule has 2 amide bonds. The third-order valence-corrected chi connectivity index (χ3v) is 4.03. The molecule has 3 heterocycles. The third kappa shape index (κ3) is 4.11. The topological polar surface area (TPSA) is 162 Å². The van der Waals surface area contributed by atoms with Crippen LogP contribution >= 0.6 is 0 Å². The van der Waals surface area contributed by atoms with Crippen molar-refractivity contribution in [3.63, 3.8) is 0 Å². The van der Waals surface area contributed by atoms with Gasteiger partial charge in [-0.1, -0.05) is 13.8 Å². The molecule has 3 aromatic heterocycles. The van der Waals surface area contributed by atoms with Gasteiger partial charge in [-0.15, -0.1) is 0 Å². The molecule has 3 aromatic rings. The van der Waals surface area contributed by atoms with Crippen molar-refractivity contribution in [2.75, 3.05) is 10.6 Å². The van der Waals surface area contributed by atoms with Crippen molar-refractivity contribution in [3.8, 4) is 0 Å². The summed E-state index contributed by atoms with van der Waals surface area (Å²) in [5.74, 6) is -0.914. The molecule has 0 bridgehead atoms. The van der Waals surface area contributed by atoms with Crippen molar-refractivity contribution < 1.29 is 9.59 Å². The Morgan fingerprint density at radius 3 is 2.57 bits per heavy atom. The second kappa shape index (κ2) is 7.82. The number of aromatic nitrogens is 4. The number of nitrogens with one attached hydrogen (secondary N) is 2. The summed E-state index contributed by atoms with van der Waals surface area (Å²) in [5, 5.41) is 6.74. The van der Waals surface area contributed by atoms with Crippen LogP contribution in [0.4, 0.5) is 17.3 Å². The zero-order chi connectivity index (χ0) is 20.3. The normalized spacial score (nSPS) is 12.0. The maximum absolute atomic E-state index is 11.7. The van der Waals surface area contributed by atoms with E-state index in [0.29, 0.717) is 5.69 Å². The van der Waals surface area contributed by atoms with Gasteiger partial charge < -0.3 is 22.1 Å². The highest BCUT2D eigenvalue weighted by molar-refractivity contribution is 5.96. The molecule has 0 spiro atoms. The van der Waals surface area contributed by atoms with Crippen LogP contribution in [0.1, 0.15) is 24.3 Å². The summed E-state index contributed by atoms with van der Waals surface area (Å²) in [4.78, 5) is 40.1. The second-order valence-electron chi connectivity index (χ2n) is 6.50. The molecule has 3 rings (SSSR count). The van der Waals surface area contributed by atoms with Crippen molar-refractivity contribution in [1.29, 1.82) is 0 Å². The van der Waals surface area contributed by atoms with Gasteiger partial charge in [0, 0.05) is 17.8 Å². The van der Waals surface area contributed by atoms with Gasteiger partial charge in [0.2, 0.25) is 5.91 Å². The zero-order valence-corrected chi connectivity index (χ0v) is 15.4. The van der Waals surface area contributed by atoms with E-state index in [4.69, 9.17) is 11.5 Å². The monoisotopic (exact) mass is 380 g/mol. The van der Waals surface area contributed by atoms with Gasteiger partial charge in [-0.05, 0) is 18.1 Å². The first-order valence-corrected chi connectivity index (χ1v) is 8.54. The number of amides is 2. The Morgan fingerprint density at radius 1 is 1.11 bits per heavy atom. The smallest absolute Gasteiger partial charge is 0.271 e. The number of anilines is 3. The number of carbonyl (C=O) groups excluding carboxylic acids is 2. The van der Waals surface area contributed by atoms with Crippen molar-refractivity contribution in [2.24, 2.45) is 17.4 Å². The minimum atomic E-state index is -0.743. The average molecular weight is 380 g/mol. The molecule has 0 aliphatic heterocycles. The molecule has 0 fully saturated rings. The molecule has 28 heavy (non-hydrogen) atoms. The number of hydrogen-bond donors (Lipinski definition) is 4. The SMILES string of the molecule is CC(C)[C@@H](Nc1cnc(C(N)=O)c(Nc2cnc3ccncc3c2)n1)C(N)=O. The van der Waals surface area contributed by atoms with Gasteiger partial charge in [0.15, 0.2) is 11.5 Å². The van der Waals surface area contributed by atoms with Gasteiger partial charge in [-0.3, -0.25) is 19.6 Å². The highest BCUT2D eigenvalue weighted by Crippen LogP contribution is 2.22. The van der Waals surface area contributed by atoms with Gasteiger partial charge in [-0.25, -0.2) is 9.97 Å². The minimum absolute atomic E-state index is 0.0444. The van der Waals surface area contributed by atoms with E-state index in [1.807, 2.05) is 19.9 Å². The first-order valence-electron chi connectivity index (χ1n) is 8.54. The van der Waals surface area contributed by atoms with Crippen LogP contribution in [0.2, 0.25) is 0 Å². The lowest BCUT2D eigenvalue weighted by Gasteiger charge is -2.20. The van der Waals surface area contributed by atoms with E-state index >= 15 is 0 Å². The maximum atomic E-state index is 11.7. The molecule has 0 unspecified atom stereocenters. The standard InChI is InChI=1S/C18H20N8O2/c1-9(2)14(16(19)27)25-13-8-23-15(17(20)28)18(26-13)24-11-5-10-6-21-4-3-12(10)22-7-11/h3-9,14H,1-2H3,(H2,19,27)(H2,20,28)(H2,24,25,26)/t14-/m1/s1. The molecular weight excluding hydrogens is 360 g/mol. The fourth-order valence-corrected chi connectivity index (χ4v) is 2.63. The lowest BCUT2D eigenvalue weighted by molar-refractivity contribution is -0.119. The highest BCUT2D eigenvalue weighted by Gasteiger charge is 2.21. The van der Waals surface area contributed by atoms with Crippen LogP contribution in [0, 0.1) is 5.92 Å². The Hall–Kier alpha value is -3.82. The molecule has 0 saturated carbocycles.